The van der Waals surface area contributed by atoms with E-state index in [0.717, 1.165) is 30.3 Å². The van der Waals surface area contributed by atoms with E-state index in [1.165, 1.54) is 23.3 Å². The smallest absolute Gasteiger partial charge is 0.123 e. The number of halogens is 2. The highest BCUT2D eigenvalue weighted by atomic mass is 79.9. The lowest BCUT2D eigenvalue weighted by molar-refractivity contribution is 0.534. The summed E-state index contributed by atoms with van der Waals surface area (Å²) in [6.45, 7) is 3.19. The third-order valence-corrected chi connectivity index (χ3v) is 4.03. The van der Waals surface area contributed by atoms with Crippen LogP contribution < -0.4 is 5.32 Å². The Morgan fingerprint density at radius 2 is 1.62 bits per heavy atom. The average Bonchev–Trinajstić information content (AvgIpc) is 2.48. The quantitative estimate of drug-likeness (QED) is 0.711. The standard InChI is InChI=1S/C18H21BrFN/c1-14(13-16-4-8-17(19)9-5-16)21-12-2-3-15-6-10-18(20)11-7-15/h4-11,14,21H,2-3,12-13H2,1H3. The molecule has 2 aromatic carbocycles. The monoisotopic (exact) mass is 349 g/mol. The fourth-order valence-electron chi connectivity index (χ4n) is 2.34. The van der Waals surface area contributed by atoms with E-state index in [1.807, 2.05) is 12.1 Å². The lowest BCUT2D eigenvalue weighted by atomic mass is 10.1. The van der Waals surface area contributed by atoms with Crippen molar-refractivity contribution in [1.29, 1.82) is 0 Å². The minimum atomic E-state index is -0.167. The Morgan fingerprint density at radius 1 is 1.00 bits per heavy atom. The van der Waals surface area contributed by atoms with Crippen molar-refractivity contribution < 1.29 is 4.39 Å². The van der Waals surface area contributed by atoms with E-state index in [-0.39, 0.29) is 5.82 Å². The maximum Gasteiger partial charge on any atom is 0.123 e. The molecule has 0 heterocycles. The lowest BCUT2D eigenvalue weighted by Gasteiger charge is -2.14. The van der Waals surface area contributed by atoms with E-state index in [2.05, 4.69) is 52.4 Å². The van der Waals surface area contributed by atoms with Crippen molar-refractivity contribution >= 4 is 15.9 Å². The predicted octanol–water partition coefficient (Wildman–Crippen LogP) is 4.74. The van der Waals surface area contributed by atoms with E-state index in [1.54, 1.807) is 0 Å². The normalized spacial score (nSPS) is 12.3. The van der Waals surface area contributed by atoms with Gasteiger partial charge in [-0.25, -0.2) is 4.39 Å². The Labute approximate surface area is 134 Å². The highest BCUT2D eigenvalue weighted by Gasteiger charge is 2.03. The van der Waals surface area contributed by atoms with E-state index in [9.17, 15) is 4.39 Å². The van der Waals surface area contributed by atoms with Crippen LogP contribution >= 0.6 is 15.9 Å². The van der Waals surface area contributed by atoms with E-state index in [0.29, 0.717) is 6.04 Å². The Hall–Kier alpha value is -1.19. The number of aryl methyl sites for hydroxylation is 1. The molecular weight excluding hydrogens is 329 g/mol. The zero-order valence-electron chi connectivity index (χ0n) is 12.3. The molecule has 2 rings (SSSR count). The molecule has 1 N–H and O–H groups in total. The maximum atomic E-state index is 12.8. The van der Waals surface area contributed by atoms with Crippen LogP contribution in [0.2, 0.25) is 0 Å². The van der Waals surface area contributed by atoms with E-state index >= 15 is 0 Å². The summed E-state index contributed by atoms with van der Waals surface area (Å²) >= 11 is 3.45. The largest absolute Gasteiger partial charge is 0.314 e. The Morgan fingerprint density at radius 3 is 2.29 bits per heavy atom. The van der Waals surface area contributed by atoms with Crippen molar-refractivity contribution in [3.8, 4) is 0 Å². The molecule has 2 aromatic rings. The van der Waals surface area contributed by atoms with Crippen molar-refractivity contribution in [1.82, 2.24) is 5.32 Å². The zero-order valence-corrected chi connectivity index (χ0v) is 13.9. The summed E-state index contributed by atoms with van der Waals surface area (Å²) in [6.07, 6.45) is 3.08. The van der Waals surface area contributed by atoms with Gasteiger partial charge in [0.2, 0.25) is 0 Å². The van der Waals surface area contributed by atoms with Crippen LogP contribution in [0.25, 0.3) is 0 Å². The average molecular weight is 350 g/mol. The van der Waals surface area contributed by atoms with Crippen molar-refractivity contribution in [2.45, 2.75) is 32.2 Å². The molecule has 0 aliphatic carbocycles. The van der Waals surface area contributed by atoms with Gasteiger partial charge in [0.25, 0.3) is 0 Å². The van der Waals surface area contributed by atoms with Crippen molar-refractivity contribution in [2.24, 2.45) is 0 Å². The van der Waals surface area contributed by atoms with Gasteiger partial charge in [0, 0.05) is 10.5 Å². The third-order valence-electron chi connectivity index (χ3n) is 3.50. The van der Waals surface area contributed by atoms with Gasteiger partial charge in [-0.2, -0.15) is 0 Å². The fraction of sp³-hybridized carbons (Fsp3) is 0.333. The highest BCUT2D eigenvalue weighted by Crippen LogP contribution is 2.12. The molecule has 112 valence electrons. The second-order valence-electron chi connectivity index (χ2n) is 5.42. The second kappa shape index (κ2) is 8.30. The van der Waals surface area contributed by atoms with Crippen LogP contribution in [0, 0.1) is 5.82 Å². The maximum absolute atomic E-state index is 12.8. The summed E-state index contributed by atoms with van der Waals surface area (Å²) in [4.78, 5) is 0. The van der Waals surface area contributed by atoms with Crippen molar-refractivity contribution in [2.75, 3.05) is 6.54 Å². The van der Waals surface area contributed by atoms with Gasteiger partial charge in [0.15, 0.2) is 0 Å². The molecule has 0 radical (unpaired) electrons. The first-order chi connectivity index (χ1) is 10.1. The molecule has 1 nitrogen and oxygen atoms in total. The summed E-state index contributed by atoms with van der Waals surface area (Å²) in [7, 11) is 0. The summed E-state index contributed by atoms with van der Waals surface area (Å²) in [5.41, 5.74) is 2.54. The molecule has 0 aromatic heterocycles. The van der Waals surface area contributed by atoms with Crippen LogP contribution in [-0.2, 0) is 12.8 Å². The molecule has 21 heavy (non-hydrogen) atoms. The molecule has 0 bridgehead atoms. The summed E-state index contributed by atoms with van der Waals surface area (Å²) < 4.78 is 13.9. The summed E-state index contributed by atoms with van der Waals surface area (Å²) in [5, 5.41) is 3.54. The van der Waals surface area contributed by atoms with Crippen LogP contribution in [0.5, 0.6) is 0 Å². The van der Waals surface area contributed by atoms with Crippen LogP contribution in [0.15, 0.2) is 53.0 Å². The molecule has 0 saturated carbocycles. The molecule has 0 fully saturated rings. The molecule has 1 unspecified atom stereocenters. The van der Waals surface area contributed by atoms with Crippen LogP contribution in [0.3, 0.4) is 0 Å². The van der Waals surface area contributed by atoms with Gasteiger partial charge in [0.1, 0.15) is 5.82 Å². The molecule has 1 atom stereocenters. The van der Waals surface area contributed by atoms with Gasteiger partial charge >= 0.3 is 0 Å². The first kappa shape index (κ1) is 16.2. The highest BCUT2D eigenvalue weighted by molar-refractivity contribution is 9.10. The van der Waals surface area contributed by atoms with Crippen LogP contribution in [0.1, 0.15) is 24.5 Å². The predicted molar refractivity (Wildman–Crippen MR) is 90.0 cm³/mol. The topological polar surface area (TPSA) is 12.0 Å². The van der Waals surface area contributed by atoms with Crippen LogP contribution in [0.4, 0.5) is 4.39 Å². The molecule has 0 amide bonds. The lowest BCUT2D eigenvalue weighted by Crippen LogP contribution is -2.29. The second-order valence-corrected chi connectivity index (χ2v) is 6.33. The summed E-state index contributed by atoms with van der Waals surface area (Å²) in [6, 6.07) is 15.7. The van der Waals surface area contributed by atoms with Crippen LogP contribution in [-0.4, -0.2) is 12.6 Å². The van der Waals surface area contributed by atoms with Gasteiger partial charge in [-0.1, -0.05) is 40.2 Å². The Bertz CT molecular complexity index is 536. The van der Waals surface area contributed by atoms with Crippen molar-refractivity contribution in [3.05, 3.63) is 69.9 Å². The van der Waals surface area contributed by atoms with Gasteiger partial charge in [-0.05, 0) is 68.1 Å². The van der Waals surface area contributed by atoms with Gasteiger partial charge in [-0.3, -0.25) is 0 Å². The number of hydrogen-bond donors (Lipinski definition) is 1. The van der Waals surface area contributed by atoms with E-state index < -0.39 is 0 Å². The molecule has 3 heteroatoms. The number of benzene rings is 2. The molecule has 0 aliphatic rings. The van der Waals surface area contributed by atoms with E-state index in [4.69, 9.17) is 0 Å². The SMILES string of the molecule is CC(Cc1ccc(Br)cc1)NCCCc1ccc(F)cc1. The first-order valence-electron chi connectivity index (χ1n) is 7.36. The summed E-state index contributed by atoms with van der Waals surface area (Å²) in [5.74, 6) is -0.167. The minimum absolute atomic E-state index is 0.167. The first-order valence-corrected chi connectivity index (χ1v) is 8.15. The minimum Gasteiger partial charge on any atom is -0.314 e. The Balaban J connectivity index is 1.66. The number of hydrogen-bond acceptors (Lipinski definition) is 1. The fourth-order valence-corrected chi connectivity index (χ4v) is 2.60. The Kier molecular flexibility index (Phi) is 6.40. The third kappa shape index (κ3) is 5.98. The molecular formula is C18H21BrFN. The zero-order chi connectivity index (χ0) is 15.1. The number of rotatable bonds is 7. The molecule has 0 saturated heterocycles. The molecule has 0 aliphatic heterocycles. The number of nitrogens with one attached hydrogen (secondary N) is 1. The van der Waals surface area contributed by atoms with Gasteiger partial charge in [-0.15, -0.1) is 0 Å². The van der Waals surface area contributed by atoms with Gasteiger partial charge in [0.05, 0.1) is 0 Å². The molecule has 0 spiro atoms. The van der Waals surface area contributed by atoms with Gasteiger partial charge < -0.3 is 5.32 Å². The van der Waals surface area contributed by atoms with Crippen molar-refractivity contribution in [3.63, 3.8) is 0 Å².